The largest absolute Gasteiger partial charge is 0.371 e. The van der Waals surface area contributed by atoms with Crippen molar-refractivity contribution in [2.45, 2.75) is 47.0 Å². The van der Waals surface area contributed by atoms with Crippen LogP contribution < -0.4 is 4.90 Å². The van der Waals surface area contributed by atoms with Crippen LogP contribution in [0.2, 0.25) is 0 Å². The predicted molar refractivity (Wildman–Crippen MR) is 133 cm³/mol. The van der Waals surface area contributed by atoms with E-state index in [1.54, 1.807) is 0 Å². The molecule has 1 heterocycles. The van der Waals surface area contributed by atoms with Crippen molar-refractivity contribution in [1.82, 2.24) is 4.90 Å². The Kier molecular flexibility index (Phi) is 8.11. The van der Waals surface area contributed by atoms with Gasteiger partial charge in [0.25, 0.3) is 5.91 Å². The number of piperidine rings is 1. The van der Waals surface area contributed by atoms with Gasteiger partial charge in [-0.1, -0.05) is 53.6 Å². The molecule has 0 atom stereocenters. The van der Waals surface area contributed by atoms with Crippen molar-refractivity contribution < 1.29 is 4.79 Å². The Bertz CT molecular complexity index is 922. The van der Waals surface area contributed by atoms with Crippen LogP contribution >= 0.6 is 0 Å². The number of carbonyl (C=O) groups excluding carboxylic acids is 1. The van der Waals surface area contributed by atoms with Gasteiger partial charge in [-0.05, 0) is 76.3 Å². The average molecular weight is 417 g/mol. The summed E-state index contributed by atoms with van der Waals surface area (Å²) in [6.45, 7) is 12.0. The fourth-order valence-electron chi connectivity index (χ4n) is 4.14. The van der Waals surface area contributed by atoms with Gasteiger partial charge in [-0.25, -0.2) is 0 Å². The third-order valence-electron chi connectivity index (χ3n) is 6.05. The second-order valence-corrected chi connectivity index (χ2v) is 8.50. The molecule has 1 amide bonds. The highest BCUT2D eigenvalue weighted by Crippen LogP contribution is 2.28. The Hall–Kier alpha value is -2.81. The summed E-state index contributed by atoms with van der Waals surface area (Å²) >= 11 is 0. The summed E-state index contributed by atoms with van der Waals surface area (Å²) < 4.78 is 0. The molecule has 0 aromatic heterocycles. The normalized spacial score (nSPS) is 13.7. The molecule has 164 valence electrons. The van der Waals surface area contributed by atoms with E-state index < -0.39 is 0 Å². The number of rotatable bonds is 7. The van der Waals surface area contributed by atoms with Crippen molar-refractivity contribution in [2.24, 2.45) is 0 Å². The summed E-state index contributed by atoms with van der Waals surface area (Å²) in [7, 11) is 0. The van der Waals surface area contributed by atoms with Crippen LogP contribution in [0.1, 0.15) is 62.0 Å². The minimum atomic E-state index is 0.115. The van der Waals surface area contributed by atoms with Gasteiger partial charge in [-0.3, -0.25) is 4.79 Å². The van der Waals surface area contributed by atoms with Crippen LogP contribution in [-0.4, -0.2) is 37.0 Å². The first kappa shape index (κ1) is 22.9. The minimum Gasteiger partial charge on any atom is -0.371 e. The molecule has 0 radical (unpaired) electrons. The fourth-order valence-corrected chi connectivity index (χ4v) is 4.14. The van der Waals surface area contributed by atoms with Crippen LogP contribution in [0.3, 0.4) is 0 Å². The van der Waals surface area contributed by atoms with E-state index in [4.69, 9.17) is 0 Å². The van der Waals surface area contributed by atoms with E-state index in [0.29, 0.717) is 0 Å². The molecule has 0 spiro atoms. The lowest BCUT2D eigenvalue weighted by atomic mass is 9.98. The van der Waals surface area contributed by atoms with Crippen molar-refractivity contribution in [3.63, 3.8) is 0 Å². The zero-order chi connectivity index (χ0) is 22.2. The van der Waals surface area contributed by atoms with E-state index in [9.17, 15) is 4.79 Å². The minimum absolute atomic E-state index is 0.115. The first-order valence-electron chi connectivity index (χ1n) is 11.6. The highest BCUT2D eigenvalue weighted by molar-refractivity contribution is 5.94. The molecule has 2 aromatic carbocycles. The Morgan fingerprint density at radius 3 is 2.23 bits per heavy atom. The first-order chi connectivity index (χ1) is 15.0. The maximum atomic E-state index is 12.5. The number of anilines is 1. The smallest absolute Gasteiger partial charge is 0.253 e. The lowest BCUT2D eigenvalue weighted by Gasteiger charge is -2.32. The molecule has 1 fully saturated rings. The van der Waals surface area contributed by atoms with Crippen molar-refractivity contribution in [1.29, 1.82) is 0 Å². The van der Waals surface area contributed by atoms with Crippen LogP contribution in [0, 0.1) is 0 Å². The maximum absolute atomic E-state index is 12.5. The van der Waals surface area contributed by atoms with Crippen molar-refractivity contribution in [3.05, 3.63) is 82.4 Å². The van der Waals surface area contributed by atoms with Gasteiger partial charge in [0.15, 0.2) is 0 Å². The summed E-state index contributed by atoms with van der Waals surface area (Å²) in [6, 6.07) is 16.9. The standard InChI is InChI=1S/C28H36N2O/c1-5-29(6-2)28(31)26-15-12-23(13-16-26)21-24-17-19-30(20-18-24)27-10-8-7-9-25(27)14-11-22(3)4/h7-13,15-16,21H,5-6,14,17-20H2,1-4H3. The Labute approximate surface area is 188 Å². The van der Waals surface area contributed by atoms with Gasteiger partial charge >= 0.3 is 0 Å². The maximum Gasteiger partial charge on any atom is 0.253 e. The van der Waals surface area contributed by atoms with Crippen LogP contribution in [0.5, 0.6) is 0 Å². The van der Waals surface area contributed by atoms with Crippen molar-refractivity contribution in [3.8, 4) is 0 Å². The van der Waals surface area contributed by atoms with E-state index in [2.05, 4.69) is 67.3 Å². The molecule has 0 aliphatic carbocycles. The molecule has 1 aliphatic rings. The molecule has 0 bridgehead atoms. The van der Waals surface area contributed by atoms with Gasteiger partial charge in [-0.15, -0.1) is 0 Å². The lowest BCUT2D eigenvalue weighted by Crippen LogP contribution is -2.31. The summed E-state index contributed by atoms with van der Waals surface area (Å²) in [6.07, 6.45) is 7.77. The van der Waals surface area contributed by atoms with Gasteiger partial charge in [0, 0.05) is 37.4 Å². The number of amides is 1. The molecule has 2 aromatic rings. The fraction of sp³-hybridized carbons (Fsp3) is 0.393. The summed E-state index contributed by atoms with van der Waals surface area (Å²) in [5, 5.41) is 0. The lowest BCUT2D eigenvalue weighted by molar-refractivity contribution is 0.0773. The average Bonchev–Trinajstić information content (AvgIpc) is 2.79. The second kappa shape index (κ2) is 11.0. The Morgan fingerprint density at radius 2 is 1.61 bits per heavy atom. The Balaban J connectivity index is 1.64. The predicted octanol–water partition coefficient (Wildman–Crippen LogP) is 6.36. The van der Waals surface area contributed by atoms with Crippen LogP contribution in [-0.2, 0) is 6.42 Å². The molecule has 0 saturated carbocycles. The number of hydrogen-bond donors (Lipinski definition) is 0. The Morgan fingerprint density at radius 1 is 0.968 bits per heavy atom. The van der Waals surface area contributed by atoms with E-state index in [-0.39, 0.29) is 5.91 Å². The zero-order valence-electron chi connectivity index (χ0n) is 19.5. The highest BCUT2D eigenvalue weighted by Gasteiger charge is 2.17. The number of para-hydroxylation sites is 1. The van der Waals surface area contributed by atoms with E-state index in [0.717, 1.165) is 51.0 Å². The summed E-state index contributed by atoms with van der Waals surface area (Å²) in [5.41, 5.74) is 7.59. The highest BCUT2D eigenvalue weighted by atomic mass is 16.2. The third-order valence-corrected chi connectivity index (χ3v) is 6.05. The van der Waals surface area contributed by atoms with E-state index in [1.807, 2.05) is 30.9 Å². The van der Waals surface area contributed by atoms with E-state index >= 15 is 0 Å². The molecule has 0 N–H and O–H groups in total. The SMILES string of the molecule is CCN(CC)C(=O)c1ccc(C=C2CCN(c3ccccc3CC=C(C)C)CC2)cc1. The van der Waals surface area contributed by atoms with Crippen LogP contribution in [0.25, 0.3) is 6.08 Å². The van der Waals surface area contributed by atoms with Crippen LogP contribution in [0.15, 0.2) is 65.8 Å². The number of hydrogen-bond acceptors (Lipinski definition) is 2. The molecule has 1 aliphatic heterocycles. The number of benzene rings is 2. The van der Waals surface area contributed by atoms with Gasteiger partial charge < -0.3 is 9.80 Å². The molecule has 31 heavy (non-hydrogen) atoms. The van der Waals surface area contributed by atoms with Crippen molar-refractivity contribution in [2.75, 3.05) is 31.1 Å². The summed E-state index contributed by atoms with van der Waals surface area (Å²) in [5.74, 6) is 0.115. The van der Waals surface area contributed by atoms with Gasteiger partial charge in [0.1, 0.15) is 0 Å². The molecule has 1 saturated heterocycles. The third kappa shape index (κ3) is 6.10. The topological polar surface area (TPSA) is 23.6 Å². The molecule has 3 nitrogen and oxygen atoms in total. The van der Waals surface area contributed by atoms with Gasteiger partial charge in [0.05, 0.1) is 0 Å². The molecular formula is C28H36N2O. The monoisotopic (exact) mass is 416 g/mol. The molecular weight excluding hydrogens is 380 g/mol. The van der Waals surface area contributed by atoms with Crippen molar-refractivity contribution >= 4 is 17.7 Å². The first-order valence-corrected chi connectivity index (χ1v) is 11.6. The molecule has 3 heteroatoms. The van der Waals surface area contributed by atoms with Crippen LogP contribution in [0.4, 0.5) is 5.69 Å². The number of nitrogens with zero attached hydrogens (tertiary/aromatic N) is 2. The zero-order valence-corrected chi connectivity index (χ0v) is 19.5. The molecule has 0 unspecified atom stereocenters. The summed E-state index contributed by atoms with van der Waals surface area (Å²) in [4.78, 5) is 16.9. The van der Waals surface area contributed by atoms with Gasteiger partial charge in [-0.2, -0.15) is 0 Å². The number of allylic oxidation sites excluding steroid dienone is 2. The van der Waals surface area contributed by atoms with Gasteiger partial charge in [0.2, 0.25) is 0 Å². The van der Waals surface area contributed by atoms with E-state index in [1.165, 1.54) is 28.0 Å². The molecule has 3 rings (SSSR count). The quantitative estimate of drug-likeness (QED) is 0.490. The second-order valence-electron chi connectivity index (χ2n) is 8.50. The number of carbonyl (C=O) groups is 1.